The summed E-state index contributed by atoms with van der Waals surface area (Å²) >= 11 is 3.05. The van der Waals surface area contributed by atoms with Gasteiger partial charge in [0.15, 0.2) is 4.67 Å². The normalized spacial score (nSPS) is 9.17. The van der Waals surface area contributed by atoms with Gasteiger partial charge in [-0.3, -0.25) is 4.79 Å². The van der Waals surface area contributed by atoms with Crippen molar-refractivity contribution in [2.75, 3.05) is 0 Å². The van der Waals surface area contributed by atoms with Gasteiger partial charge in [0.1, 0.15) is 5.76 Å². The van der Waals surface area contributed by atoms with Crippen molar-refractivity contribution >= 4 is 21.8 Å². The van der Waals surface area contributed by atoms with E-state index >= 15 is 0 Å². The van der Waals surface area contributed by atoms with Crippen molar-refractivity contribution in [1.29, 1.82) is 0 Å². The number of halogens is 1. The number of hydrogen-bond acceptors (Lipinski definition) is 2. The molecule has 12 heavy (non-hydrogen) atoms. The van der Waals surface area contributed by atoms with Crippen LogP contribution in [0.2, 0.25) is 0 Å². The molecule has 1 amide bonds. The van der Waals surface area contributed by atoms with Gasteiger partial charge in [-0.15, -0.1) is 0 Å². The molecule has 0 saturated carbocycles. The summed E-state index contributed by atoms with van der Waals surface area (Å²) in [5.41, 5.74) is 8.27. The van der Waals surface area contributed by atoms with Crippen molar-refractivity contribution in [2.24, 2.45) is 5.11 Å². The third kappa shape index (κ3) is 1.66. The third-order valence-corrected chi connectivity index (χ3v) is 1.64. The van der Waals surface area contributed by atoms with E-state index in [0.717, 1.165) is 0 Å². The molecule has 0 spiro atoms. The van der Waals surface area contributed by atoms with E-state index in [2.05, 4.69) is 26.0 Å². The van der Waals surface area contributed by atoms with E-state index in [1.54, 1.807) is 6.92 Å². The monoisotopic (exact) mass is 229 g/mol. The molecule has 5 nitrogen and oxygen atoms in total. The Kier molecular flexibility index (Phi) is 2.52. The Morgan fingerprint density at radius 2 is 2.50 bits per heavy atom. The molecule has 0 bridgehead atoms. The Labute approximate surface area is 76.1 Å². The van der Waals surface area contributed by atoms with Gasteiger partial charge >= 0.3 is 0 Å². The molecule has 0 aromatic carbocycles. The molecule has 0 radical (unpaired) electrons. The van der Waals surface area contributed by atoms with Crippen molar-refractivity contribution in [2.45, 2.75) is 6.92 Å². The van der Waals surface area contributed by atoms with Crippen molar-refractivity contribution in [1.82, 2.24) is 0 Å². The number of rotatable bonds is 1. The molecule has 62 valence electrons. The molecule has 0 unspecified atom stereocenters. The van der Waals surface area contributed by atoms with Gasteiger partial charge in [-0.1, -0.05) is 0 Å². The van der Waals surface area contributed by atoms with E-state index in [9.17, 15) is 4.79 Å². The molecule has 1 rings (SSSR count). The zero-order valence-corrected chi connectivity index (χ0v) is 7.70. The van der Waals surface area contributed by atoms with Crippen LogP contribution in [-0.4, -0.2) is 5.91 Å². The largest absolute Gasteiger partial charge is 0.454 e. The van der Waals surface area contributed by atoms with E-state index in [0.29, 0.717) is 10.4 Å². The first-order chi connectivity index (χ1) is 5.65. The van der Waals surface area contributed by atoms with Crippen LogP contribution in [0, 0.1) is 6.92 Å². The summed E-state index contributed by atoms with van der Waals surface area (Å²) < 4.78 is 5.44. The minimum atomic E-state index is -0.635. The van der Waals surface area contributed by atoms with Gasteiger partial charge in [-0.25, -0.2) is 0 Å². The fraction of sp³-hybridized carbons (Fsp3) is 0.167. The highest BCUT2D eigenvalue weighted by molar-refractivity contribution is 9.10. The Morgan fingerprint density at radius 1 is 1.83 bits per heavy atom. The molecule has 0 aliphatic carbocycles. The van der Waals surface area contributed by atoms with Crippen LogP contribution in [0.1, 0.15) is 16.1 Å². The first kappa shape index (κ1) is 8.83. The number of hydrogen-bond donors (Lipinski definition) is 0. The smallest absolute Gasteiger partial charge is 0.252 e. The minimum Gasteiger partial charge on any atom is -0.454 e. The highest BCUT2D eigenvalue weighted by Crippen LogP contribution is 2.20. The van der Waals surface area contributed by atoms with Gasteiger partial charge in [0.2, 0.25) is 0 Å². The van der Waals surface area contributed by atoms with Crippen molar-refractivity contribution in [3.8, 4) is 0 Å². The Bertz CT molecular complexity index is 365. The maximum Gasteiger partial charge on any atom is 0.252 e. The molecule has 1 aromatic rings. The maximum absolute atomic E-state index is 11.0. The molecule has 0 aliphatic heterocycles. The standard InChI is InChI=1S/C6H4BrN3O2/c1-3-4(2-5(7)12-3)6(11)9-10-8/h2H,1H3. The molecule has 0 N–H and O–H groups in total. The van der Waals surface area contributed by atoms with Crippen LogP contribution in [0.3, 0.4) is 0 Å². The molecule has 0 atom stereocenters. The van der Waals surface area contributed by atoms with Gasteiger partial charge in [0, 0.05) is 11.0 Å². The van der Waals surface area contributed by atoms with Crippen LogP contribution in [0.15, 0.2) is 20.3 Å². The summed E-state index contributed by atoms with van der Waals surface area (Å²) in [7, 11) is 0. The van der Waals surface area contributed by atoms with Crippen LogP contribution in [0.25, 0.3) is 10.4 Å². The number of furan rings is 1. The lowest BCUT2D eigenvalue weighted by molar-refractivity contribution is 0.0999. The second-order valence-electron chi connectivity index (χ2n) is 2.01. The van der Waals surface area contributed by atoms with E-state index in [4.69, 9.17) is 9.95 Å². The zero-order chi connectivity index (χ0) is 9.14. The van der Waals surface area contributed by atoms with Crippen molar-refractivity contribution in [3.05, 3.63) is 32.5 Å². The summed E-state index contributed by atoms with van der Waals surface area (Å²) in [6.07, 6.45) is 0. The molecule has 0 fully saturated rings. The van der Waals surface area contributed by atoms with Crippen LogP contribution in [0.5, 0.6) is 0 Å². The van der Waals surface area contributed by atoms with Crippen molar-refractivity contribution in [3.63, 3.8) is 0 Å². The average Bonchev–Trinajstić information content (AvgIpc) is 2.30. The van der Waals surface area contributed by atoms with Crippen LogP contribution >= 0.6 is 15.9 Å². The SMILES string of the molecule is Cc1oc(Br)cc1C(=O)N=[N+]=[N-]. The van der Waals surface area contributed by atoms with Crippen LogP contribution < -0.4 is 0 Å². The summed E-state index contributed by atoms with van der Waals surface area (Å²) in [4.78, 5) is 13.4. The topological polar surface area (TPSA) is 79.0 Å². The third-order valence-electron chi connectivity index (χ3n) is 1.25. The number of carbonyl (C=O) groups excluding carboxylic acids is 1. The van der Waals surface area contributed by atoms with E-state index in [1.807, 2.05) is 0 Å². The number of carbonyl (C=O) groups is 1. The van der Waals surface area contributed by atoms with Crippen molar-refractivity contribution < 1.29 is 9.21 Å². The van der Waals surface area contributed by atoms with Gasteiger partial charge < -0.3 is 4.42 Å². The average molecular weight is 230 g/mol. The fourth-order valence-corrected chi connectivity index (χ4v) is 1.22. The fourth-order valence-electron chi connectivity index (χ4n) is 0.753. The predicted molar refractivity (Wildman–Crippen MR) is 44.6 cm³/mol. The van der Waals surface area contributed by atoms with E-state index in [-0.39, 0.29) is 5.56 Å². The zero-order valence-electron chi connectivity index (χ0n) is 6.11. The second kappa shape index (κ2) is 3.42. The Morgan fingerprint density at radius 3 is 2.92 bits per heavy atom. The van der Waals surface area contributed by atoms with E-state index < -0.39 is 5.91 Å². The lowest BCUT2D eigenvalue weighted by Gasteiger charge is -1.86. The Hall–Kier alpha value is -1.26. The number of azide groups is 1. The van der Waals surface area contributed by atoms with Crippen LogP contribution in [-0.2, 0) is 0 Å². The highest BCUT2D eigenvalue weighted by Gasteiger charge is 2.11. The first-order valence-corrected chi connectivity index (χ1v) is 3.80. The van der Waals surface area contributed by atoms with Crippen LogP contribution in [0.4, 0.5) is 0 Å². The van der Waals surface area contributed by atoms with Gasteiger partial charge in [0.25, 0.3) is 5.91 Å². The second-order valence-corrected chi connectivity index (χ2v) is 2.80. The van der Waals surface area contributed by atoms with Gasteiger partial charge in [-0.05, 0) is 33.5 Å². The molecule has 0 saturated heterocycles. The molecular formula is C6H4BrN3O2. The number of aryl methyl sites for hydroxylation is 1. The lowest BCUT2D eigenvalue weighted by atomic mass is 10.2. The maximum atomic E-state index is 11.0. The molecule has 6 heteroatoms. The lowest BCUT2D eigenvalue weighted by Crippen LogP contribution is -1.91. The predicted octanol–water partition coefficient (Wildman–Crippen LogP) is 2.80. The summed E-state index contributed by atoms with van der Waals surface area (Å²) in [5.74, 6) is -0.205. The summed E-state index contributed by atoms with van der Waals surface area (Å²) in [6, 6.07) is 1.46. The minimum absolute atomic E-state index is 0.277. The summed E-state index contributed by atoms with van der Waals surface area (Å²) in [5, 5.41) is 2.93. The Balaban J connectivity index is 3.10. The highest BCUT2D eigenvalue weighted by atomic mass is 79.9. The number of nitrogens with zero attached hydrogens (tertiary/aromatic N) is 3. The quantitative estimate of drug-likeness (QED) is 0.422. The van der Waals surface area contributed by atoms with E-state index in [1.165, 1.54) is 6.07 Å². The first-order valence-electron chi connectivity index (χ1n) is 3.00. The van der Waals surface area contributed by atoms with Gasteiger partial charge in [-0.2, -0.15) is 0 Å². The molecular weight excluding hydrogens is 226 g/mol. The summed E-state index contributed by atoms with van der Waals surface area (Å²) in [6.45, 7) is 1.62. The van der Waals surface area contributed by atoms with Gasteiger partial charge in [0.05, 0.1) is 5.56 Å². The molecule has 1 aromatic heterocycles. The molecule has 0 aliphatic rings. The molecule has 1 heterocycles. The number of amides is 1.